The van der Waals surface area contributed by atoms with E-state index in [0.717, 1.165) is 16.3 Å². The largest absolute Gasteiger partial charge is 0.493 e. The molecule has 0 N–H and O–H groups in total. The first-order valence-electron chi connectivity index (χ1n) is 8.26. The average Bonchev–Trinajstić information content (AvgIpc) is 3.12. The molecule has 7 heteroatoms. The van der Waals surface area contributed by atoms with Gasteiger partial charge in [0.15, 0.2) is 23.0 Å². The van der Waals surface area contributed by atoms with Crippen LogP contribution in [-0.2, 0) is 0 Å². The van der Waals surface area contributed by atoms with Crippen LogP contribution in [0.3, 0.4) is 0 Å². The minimum absolute atomic E-state index is 0.524. The quantitative estimate of drug-likeness (QED) is 0.550. The van der Waals surface area contributed by atoms with Gasteiger partial charge in [-0.2, -0.15) is 4.52 Å². The molecule has 132 valence electrons. The van der Waals surface area contributed by atoms with Gasteiger partial charge in [-0.1, -0.05) is 18.2 Å². The number of nitrogens with zero attached hydrogens (tertiary/aromatic N) is 4. The van der Waals surface area contributed by atoms with Crippen LogP contribution < -0.4 is 14.2 Å². The van der Waals surface area contributed by atoms with Crippen LogP contribution >= 0.6 is 0 Å². The van der Waals surface area contributed by atoms with Crippen molar-refractivity contribution in [2.45, 2.75) is 6.92 Å². The molecule has 0 fully saturated rings. The Hall–Kier alpha value is -3.35. The summed E-state index contributed by atoms with van der Waals surface area (Å²) in [7, 11) is 3.20. The molecule has 2 heterocycles. The predicted molar refractivity (Wildman–Crippen MR) is 98.0 cm³/mol. The maximum Gasteiger partial charge on any atom is 0.239 e. The molecule has 7 nitrogen and oxygen atoms in total. The van der Waals surface area contributed by atoms with Gasteiger partial charge < -0.3 is 14.2 Å². The monoisotopic (exact) mass is 350 g/mol. The van der Waals surface area contributed by atoms with Gasteiger partial charge in [0.1, 0.15) is 0 Å². The molecule has 4 rings (SSSR count). The number of benzene rings is 2. The lowest BCUT2D eigenvalue weighted by molar-refractivity contribution is 0.326. The van der Waals surface area contributed by atoms with Crippen molar-refractivity contribution in [3.8, 4) is 28.8 Å². The smallest absolute Gasteiger partial charge is 0.239 e. The predicted octanol–water partition coefficient (Wildman–Crippen LogP) is 3.36. The van der Waals surface area contributed by atoms with E-state index in [0.29, 0.717) is 35.5 Å². The van der Waals surface area contributed by atoms with E-state index in [4.69, 9.17) is 14.2 Å². The number of aromatic nitrogens is 4. The van der Waals surface area contributed by atoms with Gasteiger partial charge in [-0.25, -0.2) is 0 Å². The lowest BCUT2D eigenvalue weighted by atomic mass is 10.1. The van der Waals surface area contributed by atoms with Crippen molar-refractivity contribution >= 4 is 16.4 Å². The first kappa shape index (κ1) is 16.1. The second-order valence-electron chi connectivity index (χ2n) is 5.61. The maximum atomic E-state index is 5.74. The van der Waals surface area contributed by atoms with Crippen LogP contribution in [0.5, 0.6) is 17.4 Å². The van der Waals surface area contributed by atoms with Crippen molar-refractivity contribution in [1.29, 1.82) is 0 Å². The lowest BCUT2D eigenvalue weighted by Crippen LogP contribution is -2.02. The second kappa shape index (κ2) is 6.51. The summed E-state index contributed by atoms with van der Waals surface area (Å²) >= 11 is 0. The lowest BCUT2D eigenvalue weighted by Gasteiger charge is -2.10. The van der Waals surface area contributed by atoms with E-state index >= 15 is 0 Å². The first-order chi connectivity index (χ1) is 12.8. The average molecular weight is 350 g/mol. The molecule has 0 unspecified atom stereocenters. The van der Waals surface area contributed by atoms with Gasteiger partial charge in [-0.15, -0.1) is 15.3 Å². The highest BCUT2D eigenvalue weighted by molar-refractivity contribution is 5.97. The zero-order valence-electron chi connectivity index (χ0n) is 14.8. The Labute approximate surface area is 150 Å². The SMILES string of the molecule is CCOc1nn2c(-c3ccc(OC)c(OC)c3)nnc2c2ccccc12. The summed E-state index contributed by atoms with van der Waals surface area (Å²) in [5.41, 5.74) is 1.49. The summed E-state index contributed by atoms with van der Waals surface area (Å²) in [4.78, 5) is 0. The molecule has 0 bridgehead atoms. The van der Waals surface area contributed by atoms with Gasteiger partial charge >= 0.3 is 0 Å². The maximum absolute atomic E-state index is 5.74. The molecule has 2 aromatic carbocycles. The van der Waals surface area contributed by atoms with Gasteiger partial charge in [0.25, 0.3) is 0 Å². The molecule has 0 aliphatic heterocycles. The Bertz CT molecular complexity index is 1090. The molecule has 2 aromatic heterocycles. The summed E-state index contributed by atoms with van der Waals surface area (Å²) in [5, 5.41) is 15.2. The summed E-state index contributed by atoms with van der Waals surface area (Å²) < 4.78 is 18.1. The third kappa shape index (κ3) is 2.48. The fourth-order valence-corrected chi connectivity index (χ4v) is 2.95. The van der Waals surface area contributed by atoms with Crippen LogP contribution in [-0.4, -0.2) is 40.6 Å². The summed E-state index contributed by atoms with van der Waals surface area (Å²) in [6, 6.07) is 13.5. The standard InChI is InChI=1S/C19H18N4O3/c1-4-26-19-14-8-6-5-7-13(14)18-21-20-17(23(18)22-19)12-9-10-15(24-2)16(11-12)25-3/h5-11H,4H2,1-3H3. The number of ether oxygens (including phenoxy) is 3. The van der Waals surface area contributed by atoms with E-state index < -0.39 is 0 Å². The highest BCUT2D eigenvalue weighted by Gasteiger charge is 2.17. The molecular weight excluding hydrogens is 332 g/mol. The zero-order chi connectivity index (χ0) is 18.1. The fraction of sp³-hybridized carbons (Fsp3) is 0.211. The van der Waals surface area contributed by atoms with Gasteiger partial charge in [0.2, 0.25) is 5.88 Å². The first-order valence-corrected chi connectivity index (χ1v) is 8.26. The minimum Gasteiger partial charge on any atom is -0.493 e. The minimum atomic E-state index is 0.524. The van der Waals surface area contributed by atoms with Crippen molar-refractivity contribution < 1.29 is 14.2 Å². The van der Waals surface area contributed by atoms with Crippen molar-refractivity contribution in [1.82, 2.24) is 19.8 Å². The third-order valence-electron chi connectivity index (χ3n) is 4.15. The van der Waals surface area contributed by atoms with E-state index in [2.05, 4.69) is 15.3 Å². The Kier molecular flexibility index (Phi) is 4.04. The number of hydrogen-bond acceptors (Lipinski definition) is 6. The molecule has 0 atom stereocenters. The summed E-state index contributed by atoms with van der Waals surface area (Å²) in [6.07, 6.45) is 0. The molecule has 0 spiro atoms. The number of fused-ring (bicyclic) bond motifs is 3. The Morgan fingerprint density at radius 3 is 2.42 bits per heavy atom. The molecule has 0 amide bonds. The fourth-order valence-electron chi connectivity index (χ4n) is 2.95. The third-order valence-corrected chi connectivity index (χ3v) is 4.15. The van der Waals surface area contributed by atoms with E-state index in [9.17, 15) is 0 Å². The molecule has 4 aromatic rings. The molecule has 0 aliphatic rings. The van der Waals surface area contributed by atoms with Gasteiger partial charge in [0.05, 0.1) is 20.8 Å². The van der Waals surface area contributed by atoms with Gasteiger partial charge in [0, 0.05) is 16.3 Å². The van der Waals surface area contributed by atoms with E-state index in [1.165, 1.54) is 0 Å². The second-order valence-corrected chi connectivity index (χ2v) is 5.61. The number of rotatable bonds is 5. The Morgan fingerprint density at radius 2 is 1.69 bits per heavy atom. The number of hydrogen-bond donors (Lipinski definition) is 0. The van der Waals surface area contributed by atoms with Crippen molar-refractivity contribution in [3.63, 3.8) is 0 Å². The summed E-state index contributed by atoms with van der Waals surface area (Å²) in [5.74, 6) is 2.43. The van der Waals surface area contributed by atoms with Gasteiger partial charge in [-0.05, 0) is 31.2 Å². The zero-order valence-corrected chi connectivity index (χ0v) is 14.8. The molecular formula is C19H18N4O3. The van der Waals surface area contributed by atoms with Crippen LogP contribution in [0.2, 0.25) is 0 Å². The van der Waals surface area contributed by atoms with E-state index in [1.54, 1.807) is 18.7 Å². The van der Waals surface area contributed by atoms with Crippen molar-refractivity contribution in [3.05, 3.63) is 42.5 Å². The van der Waals surface area contributed by atoms with Crippen molar-refractivity contribution in [2.75, 3.05) is 20.8 Å². The van der Waals surface area contributed by atoms with Gasteiger partial charge in [-0.3, -0.25) is 0 Å². The Morgan fingerprint density at radius 1 is 0.923 bits per heavy atom. The highest BCUT2D eigenvalue weighted by atomic mass is 16.5. The van der Waals surface area contributed by atoms with E-state index in [1.807, 2.05) is 49.4 Å². The Balaban J connectivity index is 1.97. The molecule has 0 saturated heterocycles. The van der Waals surface area contributed by atoms with Crippen LogP contribution in [0.1, 0.15) is 6.92 Å². The van der Waals surface area contributed by atoms with Crippen LogP contribution in [0.4, 0.5) is 0 Å². The molecule has 26 heavy (non-hydrogen) atoms. The molecule has 0 aliphatic carbocycles. The topological polar surface area (TPSA) is 70.8 Å². The highest BCUT2D eigenvalue weighted by Crippen LogP contribution is 2.33. The van der Waals surface area contributed by atoms with Crippen LogP contribution in [0.15, 0.2) is 42.5 Å². The molecule has 0 radical (unpaired) electrons. The number of methoxy groups -OCH3 is 2. The molecule has 0 saturated carbocycles. The van der Waals surface area contributed by atoms with Crippen LogP contribution in [0.25, 0.3) is 27.8 Å². The summed E-state index contributed by atoms with van der Waals surface area (Å²) in [6.45, 7) is 2.46. The van der Waals surface area contributed by atoms with Crippen molar-refractivity contribution in [2.24, 2.45) is 0 Å². The van der Waals surface area contributed by atoms with E-state index in [-0.39, 0.29) is 0 Å². The normalized spacial score (nSPS) is 11.0. The van der Waals surface area contributed by atoms with Crippen LogP contribution in [0, 0.1) is 0 Å².